The highest BCUT2D eigenvalue weighted by Gasteiger charge is 1.58. The molecule has 0 saturated carbocycles. The molecule has 0 rings (SSSR count). The molecule has 0 spiro atoms. The van der Waals surface area contributed by atoms with Crippen molar-refractivity contribution in [2.75, 3.05) is 27.4 Å². The largest absolute Gasteiger partial charge is 0.483 e. The second-order valence-electron chi connectivity index (χ2n) is 0.961. The summed E-state index contributed by atoms with van der Waals surface area (Å²) in [6, 6.07) is 0. The zero-order valence-corrected chi connectivity index (χ0v) is 6.15. The molecule has 10 heavy (non-hydrogen) atoms. The standard InChI is InChI=1S/C2H6O2.C2H6O.CH2O2/c3-1-2-4;1-3-2;2-1-3/h3-4H,1-2H2;1-2H3;1H,(H,2,3). The second-order valence-corrected chi connectivity index (χ2v) is 0.961. The quantitative estimate of drug-likeness (QED) is 0.419. The van der Waals surface area contributed by atoms with Crippen LogP contribution in [0.1, 0.15) is 0 Å². The number of carbonyl (C=O) groups is 1. The molecular formula is C5H14O5. The van der Waals surface area contributed by atoms with Crippen molar-refractivity contribution >= 4 is 6.47 Å². The van der Waals surface area contributed by atoms with Crippen molar-refractivity contribution in [3.8, 4) is 0 Å². The summed E-state index contributed by atoms with van der Waals surface area (Å²) in [5.74, 6) is 0. The minimum absolute atomic E-state index is 0.125. The molecule has 0 aliphatic rings. The molecule has 0 aliphatic carbocycles. The third-order valence-electron chi connectivity index (χ3n) is 0.1000. The Morgan fingerprint density at radius 2 is 1.40 bits per heavy atom. The van der Waals surface area contributed by atoms with Gasteiger partial charge in [0, 0.05) is 14.2 Å². The van der Waals surface area contributed by atoms with E-state index in [9.17, 15) is 0 Å². The van der Waals surface area contributed by atoms with Crippen LogP contribution in [0.15, 0.2) is 0 Å². The van der Waals surface area contributed by atoms with Gasteiger partial charge in [-0.1, -0.05) is 0 Å². The summed E-state index contributed by atoms with van der Waals surface area (Å²) in [6.07, 6.45) is 0. The predicted octanol–water partition coefficient (Wildman–Crippen LogP) is -1.07. The first-order valence-corrected chi connectivity index (χ1v) is 2.44. The van der Waals surface area contributed by atoms with Crippen molar-refractivity contribution in [3.63, 3.8) is 0 Å². The normalized spacial score (nSPS) is 6.00. The van der Waals surface area contributed by atoms with Crippen LogP contribution in [0.25, 0.3) is 0 Å². The lowest BCUT2D eigenvalue weighted by atomic mass is 10.8. The summed E-state index contributed by atoms with van der Waals surface area (Å²) in [5.41, 5.74) is 0. The summed E-state index contributed by atoms with van der Waals surface area (Å²) in [5, 5.41) is 22.1. The van der Waals surface area contributed by atoms with E-state index in [1.54, 1.807) is 14.2 Å². The van der Waals surface area contributed by atoms with Gasteiger partial charge >= 0.3 is 0 Å². The van der Waals surface area contributed by atoms with Crippen molar-refractivity contribution in [2.24, 2.45) is 0 Å². The minimum Gasteiger partial charge on any atom is -0.483 e. The van der Waals surface area contributed by atoms with E-state index >= 15 is 0 Å². The van der Waals surface area contributed by atoms with Crippen LogP contribution in [-0.4, -0.2) is 49.2 Å². The van der Waals surface area contributed by atoms with E-state index in [1.807, 2.05) is 0 Å². The number of hydrogen-bond donors (Lipinski definition) is 3. The van der Waals surface area contributed by atoms with Crippen LogP contribution in [0.5, 0.6) is 0 Å². The van der Waals surface area contributed by atoms with Gasteiger partial charge in [-0.3, -0.25) is 4.79 Å². The first kappa shape index (κ1) is 16.2. The summed E-state index contributed by atoms with van der Waals surface area (Å²) in [6.45, 7) is -0.500. The lowest BCUT2D eigenvalue weighted by molar-refractivity contribution is -0.122. The summed E-state index contributed by atoms with van der Waals surface area (Å²) < 4.78 is 4.25. The van der Waals surface area contributed by atoms with E-state index in [2.05, 4.69) is 4.74 Å². The molecule has 0 atom stereocenters. The van der Waals surface area contributed by atoms with Crippen molar-refractivity contribution in [1.82, 2.24) is 0 Å². The van der Waals surface area contributed by atoms with Gasteiger partial charge in [-0.15, -0.1) is 0 Å². The topological polar surface area (TPSA) is 87.0 Å². The molecule has 5 heteroatoms. The van der Waals surface area contributed by atoms with E-state index < -0.39 is 0 Å². The SMILES string of the molecule is COC.O=CO.OCCO. The maximum Gasteiger partial charge on any atom is 0.290 e. The Morgan fingerprint density at radius 1 is 1.30 bits per heavy atom. The van der Waals surface area contributed by atoms with Crippen LogP contribution in [0.3, 0.4) is 0 Å². The molecule has 0 saturated heterocycles. The first-order valence-electron chi connectivity index (χ1n) is 2.44. The monoisotopic (exact) mass is 154 g/mol. The molecule has 0 aromatic carbocycles. The first-order chi connectivity index (χ1) is 4.74. The molecule has 0 fully saturated rings. The lowest BCUT2D eigenvalue weighted by Crippen LogP contribution is -1.85. The molecule has 0 unspecified atom stereocenters. The molecule has 3 N–H and O–H groups in total. The fourth-order valence-corrected chi connectivity index (χ4v) is 0. The third-order valence-corrected chi connectivity index (χ3v) is 0.1000. The highest BCUT2D eigenvalue weighted by Crippen LogP contribution is 1.39. The molecule has 0 aromatic rings. The zero-order valence-electron chi connectivity index (χ0n) is 6.15. The Kier molecular flexibility index (Phi) is 65.0. The molecule has 0 aliphatic heterocycles. The maximum atomic E-state index is 8.36. The second kappa shape index (κ2) is 40.2. The highest BCUT2D eigenvalue weighted by molar-refractivity contribution is 5.32. The molecule has 0 aromatic heterocycles. The highest BCUT2D eigenvalue weighted by atomic mass is 16.4. The van der Waals surface area contributed by atoms with Gasteiger partial charge in [-0.2, -0.15) is 0 Å². The third kappa shape index (κ3) is 2420. The van der Waals surface area contributed by atoms with Crippen molar-refractivity contribution in [3.05, 3.63) is 0 Å². The molecular weight excluding hydrogens is 140 g/mol. The summed E-state index contributed by atoms with van der Waals surface area (Å²) in [7, 11) is 3.25. The van der Waals surface area contributed by atoms with Crippen LogP contribution in [0.2, 0.25) is 0 Å². The molecule has 0 heterocycles. The van der Waals surface area contributed by atoms with Gasteiger partial charge in [0.15, 0.2) is 0 Å². The fourth-order valence-electron chi connectivity index (χ4n) is 0. The molecule has 0 radical (unpaired) electrons. The Bertz CT molecular complexity index is 37.0. The number of ether oxygens (including phenoxy) is 1. The van der Waals surface area contributed by atoms with Crippen molar-refractivity contribution in [2.45, 2.75) is 0 Å². The van der Waals surface area contributed by atoms with Crippen LogP contribution in [0.4, 0.5) is 0 Å². The number of aliphatic hydroxyl groups is 2. The number of aliphatic hydroxyl groups excluding tert-OH is 2. The lowest BCUT2D eigenvalue weighted by Gasteiger charge is -1.70. The van der Waals surface area contributed by atoms with Gasteiger partial charge in [-0.05, 0) is 0 Å². The van der Waals surface area contributed by atoms with Crippen LogP contribution in [-0.2, 0) is 9.53 Å². The van der Waals surface area contributed by atoms with Gasteiger partial charge in [0.05, 0.1) is 13.2 Å². The fraction of sp³-hybridized carbons (Fsp3) is 0.800. The van der Waals surface area contributed by atoms with Crippen LogP contribution in [0, 0.1) is 0 Å². The van der Waals surface area contributed by atoms with E-state index in [1.165, 1.54) is 0 Å². The Balaban J connectivity index is -0.0000000750. The predicted molar refractivity (Wildman–Crippen MR) is 35.8 cm³/mol. The van der Waals surface area contributed by atoms with Gasteiger partial charge in [0.2, 0.25) is 0 Å². The minimum atomic E-state index is -0.250. The van der Waals surface area contributed by atoms with Gasteiger partial charge in [-0.25, -0.2) is 0 Å². The average Bonchev–Trinajstić information content (AvgIpc) is 1.91. The van der Waals surface area contributed by atoms with E-state index in [0.29, 0.717) is 0 Å². The average molecular weight is 154 g/mol. The van der Waals surface area contributed by atoms with E-state index in [0.717, 1.165) is 0 Å². The van der Waals surface area contributed by atoms with Gasteiger partial charge in [0.1, 0.15) is 0 Å². The molecule has 0 amide bonds. The maximum absolute atomic E-state index is 8.36. The summed E-state index contributed by atoms with van der Waals surface area (Å²) in [4.78, 5) is 8.36. The van der Waals surface area contributed by atoms with Gasteiger partial charge < -0.3 is 20.1 Å². The number of methoxy groups -OCH3 is 1. The van der Waals surface area contributed by atoms with Crippen molar-refractivity contribution in [1.29, 1.82) is 0 Å². The van der Waals surface area contributed by atoms with Crippen LogP contribution >= 0.6 is 0 Å². The van der Waals surface area contributed by atoms with E-state index in [4.69, 9.17) is 20.1 Å². The number of rotatable bonds is 1. The number of hydrogen-bond acceptors (Lipinski definition) is 4. The zero-order chi connectivity index (χ0) is 8.83. The molecule has 0 bridgehead atoms. The molecule has 5 nitrogen and oxygen atoms in total. The van der Waals surface area contributed by atoms with Crippen molar-refractivity contribution < 1.29 is 24.9 Å². The Morgan fingerprint density at radius 3 is 1.40 bits per heavy atom. The Hall–Kier alpha value is -0.650. The van der Waals surface area contributed by atoms with Crippen LogP contribution < -0.4 is 0 Å². The smallest absolute Gasteiger partial charge is 0.290 e. The number of carboxylic acid groups (broad SMARTS) is 1. The Labute approximate surface area is 59.9 Å². The summed E-state index contributed by atoms with van der Waals surface area (Å²) >= 11 is 0. The van der Waals surface area contributed by atoms with E-state index in [-0.39, 0.29) is 19.7 Å². The molecule has 64 valence electrons. The van der Waals surface area contributed by atoms with Gasteiger partial charge in [0.25, 0.3) is 6.47 Å².